The van der Waals surface area contributed by atoms with Crippen LogP contribution >= 0.6 is 11.6 Å². The first-order chi connectivity index (χ1) is 15.2. The average Bonchev–Trinajstić information content (AvgIpc) is 2.67. The molecule has 8 heteroatoms. The summed E-state index contributed by atoms with van der Waals surface area (Å²) in [6.07, 6.45) is 0.608. The molecule has 0 atom stereocenters. The quantitative estimate of drug-likeness (QED) is 0.683. The molecule has 4 rings (SSSR count). The second-order valence-corrected chi connectivity index (χ2v) is 9.14. The molecule has 1 aromatic heterocycles. The van der Waals surface area contributed by atoms with Crippen LogP contribution in [0.4, 0.5) is 0 Å². The van der Waals surface area contributed by atoms with Gasteiger partial charge in [0.15, 0.2) is 0 Å². The topological polar surface area (TPSA) is 80.9 Å². The van der Waals surface area contributed by atoms with Gasteiger partial charge in [-0.25, -0.2) is 0 Å². The summed E-state index contributed by atoms with van der Waals surface area (Å²) in [5.41, 5.74) is 4.33. The lowest BCUT2D eigenvalue weighted by molar-refractivity contribution is -0.135. The fourth-order valence-corrected chi connectivity index (χ4v) is 4.44. The average molecular weight is 461 g/mol. The summed E-state index contributed by atoms with van der Waals surface area (Å²) in [5.74, 6) is 0.279. The lowest BCUT2D eigenvalue weighted by Gasteiger charge is -2.32. The first-order valence-electron chi connectivity index (χ1n) is 10.9. The minimum absolute atomic E-state index is 0.0721. The first kappa shape index (κ1) is 22.8. The van der Waals surface area contributed by atoms with Gasteiger partial charge in [0.2, 0.25) is 0 Å². The lowest BCUT2D eigenvalue weighted by atomic mass is 9.93. The molecule has 0 radical (unpaired) electrons. The van der Waals surface area contributed by atoms with Crippen LogP contribution in [-0.4, -0.2) is 47.8 Å². The molecule has 0 bridgehead atoms. The van der Waals surface area contributed by atoms with Crippen LogP contribution in [0.3, 0.4) is 0 Å². The molecule has 0 aliphatic carbocycles. The summed E-state index contributed by atoms with van der Waals surface area (Å²) in [6.45, 7) is 9.83. The maximum absolute atomic E-state index is 13.5. The van der Waals surface area contributed by atoms with Gasteiger partial charge in [-0.3, -0.25) is 9.59 Å². The SMILES string of the molecule is Cc1cc(C)c(CN2CCc3c(COC4COC4)cc(OC(C)C)c(Cl)c3C2=O)c(=O)[nH]1. The zero-order valence-electron chi connectivity index (χ0n) is 18.9. The number of rotatable bonds is 7. The highest BCUT2D eigenvalue weighted by Gasteiger charge is 2.32. The smallest absolute Gasteiger partial charge is 0.256 e. The van der Waals surface area contributed by atoms with Gasteiger partial charge >= 0.3 is 0 Å². The summed E-state index contributed by atoms with van der Waals surface area (Å²) in [6, 6.07) is 3.80. The Morgan fingerprint density at radius 2 is 2.00 bits per heavy atom. The van der Waals surface area contributed by atoms with Gasteiger partial charge in [0.05, 0.1) is 43.1 Å². The fourth-order valence-electron chi connectivity index (χ4n) is 4.15. The number of nitrogens with one attached hydrogen (secondary N) is 1. The van der Waals surface area contributed by atoms with Crippen molar-refractivity contribution in [3.05, 3.63) is 61.0 Å². The Balaban J connectivity index is 1.67. The number of halogens is 1. The molecule has 2 aromatic rings. The number of H-pyrrole nitrogens is 1. The number of pyridine rings is 1. The zero-order chi connectivity index (χ0) is 23.0. The van der Waals surface area contributed by atoms with Crippen LogP contribution in [0.1, 0.15) is 52.2 Å². The highest BCUT2D eigenvalue weighted by Crippen LogP contribution is 2.38. The Kier molecular flexibility index (Phi) is 6.60. The Morgan fingerprint density at radius 1 is 1.25 bits per heavy atom. The molecule has 3 heterocycles. The number of nitrogens with zero attached hydrogens (tertiary/aromatic N) is 1. The van der Waals surface area contributed by atoms with Crippen molar-refractivity contribution in [2.45, 2.75) is 59.5 Å². The molecule has 2 aliphatic rings. The third-order valence-electron chi connectivity index (χ3n) is 5.85. The van der Waals surface area contributed by atoms with Gasteiger partial charge in [-0.05, 0) is 62.9 Å². The van der Waals surface area contributed by atoms with Crippen LogP contribution in [0, 0.1) is 13.8 Å². The maximum atomic E-state index is 13.5. The van der Waals surface area contributed by atoms with E-state index < -0.39 is 0 Å². The van der Waals surface area contributed by atoms with Crippen molar-refractivity contribution in [3.63, 3.8) is 0 Å². The van der Waals surface area contributed by atoms with E-state index in [1.165, 1.54) is 0 Å². The minimum Gasteiger partial charge on any atom is -0.489 e. The van der Waals surface area contributed by atoms with E-state index in [1.807, 2.05) is 39.8 Å². The molecule has 32 heavy (non-hydrogen) atoms. The van der Waals surface area contributed by atoms with Crippen molar-refractivity contribution in [2.75, 3.05) is 19.8 Å². The highest BCUT2D eigenvalue weighted by atomic mass is 35.5. The third-order valence-corrected chi connectivity index (χ3v) is 6.23. The second-order valence-electron chi connectivity index (χ2n) is 8.76. The van der Waals surface area contributed by atoms with E-state index in [0.29, 0.717) is 54.7 Å². The van der Waals surface area contributed by atoms with Gasteiger partial charge in [-0.2, -0.15) is 0 Å². The van der Waals surface area contributed by atoms with Crippen molar-refractivity contribution >= 4 is 17.5 Å². The lowest BCUT2D eigenvalue weighted by Crippen LogP contribution is -2.40. The number of fused-ring (bicyclic) bond motifs is 1. The Morgan fingerprint density at radius 3 is 2.62 bits per heavy atom. The number of aromatic nitrogens is 1. The summed E-state index contributed by atoms with van der Waals surface area (Å²) in [7, 11) is 0. The maximum Gasteiger partial charge on any atom is 0.256 e. The largest absolute Gasteiger partial charge is 0.489 e. The summed E-state index contributed by atoms with van der Waals surface area (Å²) < 4.78 is 17.0. The van der Waals surface area contributed by atoms with Crippen molar-refractivity contribution < 1.29 is 19.0 Å². The minimum atomic E-state index is -0.196. The molecule has 7 nitrogen and oxygen atoms in total. The van der Waals surface area contributed by atoms with Gasteiger partial charge in [0.1, 0.15) is 11.9 Å². The molecule has 0 unspecified atom stereocenters. The van der Waals surface area contributed by atoms with Crippen LogP contribution < -0.4 is 10.3 Å². The van der Waals surface area contributed by atoms with Crippen LogP contribution in [0.15, 0.2) is 16.9 Å². The van der Waals surface area contributed by atoms with Crippen LogP contribution in [0.25, 0.3) is 0 Å². The van der Waals surface area contributed by atoms with Gasteiger partial charge in [0, 0.05) is 17.8 Å². The number of benzene rings is 1. The van der Waals surface area contributed by atoms with E-state index >= 15 is 0 Å². The monoisotopic (exact) mass is 460 g/mol. The molecular weight excluding hydrogens is 432 g/mol. The van der Waals surface area contributed by atoms with E-state index in [1.54, 1.807) is 4.90 Å². The summed E-state index contributed by atoms with van der Waals surface area (Å²) >= 11 is 6.69. The molecule has 1 saturated heterocycles. The van der Waals surface area contributed by atoms with Crippen molar-refractivity contribution in [3.8, 4) is 5.75 Å². The number of ether oxygens (including phenoxy) is 3. The number of carbonyl (C=O) groups is 1. The summed E-state index contributed by atoms with van der Waals surface area (Å²) in [5, 5.41) is 0.314. The predicted molar refractivity (Wildman–Crippen MR) is 122 cm³/mol. The van der Waals surface area contributed by atoms with Gasteiger partial charge in [-0.1, -0.05) is 11.6 Å². The third kappa shape index (κ3) is 4.56. The number of aryl methyl sites for hydroxylation is 2. The van der Waals surface area contributed by atoms with Crippen molar-refractivity contribution in [2.24, 2.45) is 0 Å². The van der Waals surface area contributed by atoms with Crippen LogP contribution in [-0.2, 0) is 29.0 Å². The standard InChI is InChI=1S/C24H29ClN2O5/c1-13(2)32-20-8-16(10-31-17-11-30-12-17)18-5-6-27(24(29)21(18)22(20)25)9-19-14(3)7-15(4)26-23(19)28/h7-8,13,17H,5-6,9-12H2,1-4H3,(H,26,28). The Labute approximate surface area is 192 Å². The molecule has 1 fully saturated rings. The highest BCUT2D eigenvalue weighted by molar-refractivity contribution is 6.35. The normalized spacial score (nSPS) is 16.3. The Hall–Kier alpha value is -2.35. The fraction of sp³-hybridized carbons (Fsp3) is 0.500. The van der Waals surface area contributed by atoms with E-state index in [9.17, 15) is 9.59 Å². The number of carbonyl (C=O) groups excluding carboxylic acids is 1. The van der Waals surface area contributed by atoms with E-state index in [-0.39, 0.29) is 30.2 Å². The molecule has 2 aliphatic heterocycles. The number of hydrogen-bond donors (Lipinski definition) is 1. The van der Waals surface area contributed by atoms with E-state index in [4.69, 9.17) is 25.8 Å². The summed E-state index contributed by atoms with van der Waals surface area (Å²) in [4.78, 5) is 30.6. The molecule has 1 amide bonds. The van der Waals surface area contributed by atoms with Crippen molar-refractivity contribution in [1.82, 2.24) is 9.88 Å². The second kappa shape index (κ2) is 9.25. The molecule has 172 valence electrons. The zero-order valence-corrected chi connectivity index (χ0v) is 19.7. The molecular formula is C24H29ClN2O5. The molecule has 1 N–H and O–H groups in total. The number of hydrogen-bond acceptors (Lipinski definition) is 5. The first-order valence-corrected chi connectivity index (χ1v) is 11.3. The number of aromatic amines is 1. The van der Waals surface area contributed by atoms with Gasteiger partial charge in [-0.15, -0.1) is 0 Å². The van der Waals surface area contributed by atoms with Gasteiger partial charge < -0.3 is 24.1 Å². The molecule has 1 aromatic carbocycles. The van der Waals surface area contributed by atoms with Crippen LogP contribution in [0.5, 0.6) is 5.75 Å². The van der Waals surface area contributed by atoms with Crippen molar-refractivity contribution in [1.29, 1.82) is 0 Å². The van der Waals surface area contributed by atoms with Crippen LogP contribution in [0.2, 0.25) is 5.02 Å². The predicted octanol–water partition coefficient (Wildman–Crippen LogP) is 3.55. The van der Waals surface area contributed by atoms with E-state index in [0.717, 1.165) is 22.4 Å². The molecule has 0 spiro atoms. The number of amides is 1. The Bertz CT molecular complexity index is 1090. The van der Waals surface area contributed by atoms with E-state index in [2.05, 4.69) is 4.98 Å². The molecule has 0 saturated carbocycles. The van der Waals surface area contributed by atoms with Gasteiger partial charge in [0.25, 0.3) is 11.5 Å².